The SMILES string of the molecule is Cc1ccc(C(C)NC(=O)COC(=O)c2ccccc2O)cc1C. The topological polar surface area (TPSA) is 75.6 Å². The highest BCUT2D eigenvalue weighted by Gasteiger charge is 2.15. The Labute approximate surface area is 141 Å². The van der Waals surface area contributed by atoms with Crippen molar-refractivity contribution in [2.75, 3.05) is 6.61 Å². The molecule has 2 aromatic rings. The normalized spacial score (nSPS) is 11.6. The van der Waals surface area contributed by atoms with Crippen molar-refractivity contribution >= 4 is 11.9 Å². The highest BCUT2D eigenvalue weighted by Crippen LogP contribution is 2.18. The molecule has 0 bridgehead atoms. The average molecular weight is 327 g/mol. The Morgan fingerprint density at radius 1 is 1.12 bits per heavy atom. The van der Waals surface area contributed by atoms with Crippen LogP contribution in [0.1, 0.15) is 40.0 Å². The molecule has 0 aliphatic carbocycles. The highest BCUT2D eigenvalue weighted by atomic mass is 16.5. The smallest absolute Gasteiger partial charge is 0.342 e. The Hall–Kier alpha value is -2.82. The lowest BCUT2D eigenvalue weighted by atomic mass is 10.0. The average Bonchev–Trinajstić information content (AvgIpc) is 2.55. The maximum atomic E-state index is 11.9. The molecule has 0 aliphatic heterocycles. The monoisotopic (exact) mass is 327 g/mol. The number of aromatic hydroxyl groups is 1. The van der Waals surface area contributed by atoms with Gasteiger partial charge in [0.15, 0.2) is 6.61 Å². The summed E-state index contributed by atoms with van der Waals surface area (Å²) in [5.41, 5.74) is 3.36. The van der Waals surface area contributed by atoms with Crippen LogP contribution in [-0.4, -0.2) is 23.6 Å². The zero-order valence-corrected chi connectivity index (χ0v) is 14.0. The lowest BCUT2D eigenvalue weighted by molar-refractivity contribution is -0.124. The first-order valence-corrected chi connectivity index (χ1v) is 7.70. The van der Waals surface area contributed by atoms with Crippen LogP contribution in [0, 0.1) is 13.8 Å². The van der Waals surface area contributed by atoms with Gasteiger partial charge in [0.25, 0.3) is 5.91 Å². The number of phenolic OH excluding ortho intramolecular Hbond substituents is 1. The van der Waals surface area contributed by atoms with Crippen molar-refractivity contribution in [3.05, 3.63) is 64.7 Å². The van der Waals surface area contributed by atoms with Gasteiger partial charge in [-0.3, -0.25) is 4.79 Å². The van der Waals surface area contributed by atoms with Crippen LogP contribution in [0.5, 0.6) is 5.75 Å². The van der Waals surface area contributed by atoms with Crippen molar-refractivity contribution in [1.82, 2.24) is 5.32 Å². The minimum Gasteiger partial charge on any atom is -0.507 e. The molecule has 126 valence electrons. The van der Waals surface area contributed by atoms with Gasteiger partial charge in [-0.25, -0.2) is 4.79 Å². The van der Waals surface area contributed by atoms with Crippen LogP contribution < -0.4 is 5.32 Å². The third-order valence-electron chi connectivity index (χ3n) is 3.87. The maximum absolute atomic E-state index is 11.9. The molecule has 0 aliphatic rings. The van der Waals surface area contributed by atoms with Gasteiger partial charge in [-0.1, -0.05) is 30.3 Å². The molecule has 2 aromatic carbocycles. The summed E-state index contributed by atoms with van der Waals surface area (Å²) >= 11 is 0. The molecule has 0 radical (unpaired) electrons. The van der Waals surface area contributed by atoms with Crippen molar-refractivity contribution in [3.63, 3.8) is 0 Å². The van der Waals surface area contributed by atoms with Gasteiger partial charge in [0, 0.05) is 0 Å². The van der Waals surface area contributed by atoms with E-state index in [2.05, 4.69) is 5.32 Å². The standard InChI is InChI=1S/C19H21NO4/c1-12-8-9-15(10-13(12)2)14(3)20-18(22)11-24-19(23)16-6-4-5-7-17(16)21/h4-10,14,21H,11H2,1-3H3,(H,20,22). The fourth-order valence-corrected chi connectivity index (χ4v) is 2.26. The molecular formula is C19H21NO4. The molecule has 0 heterocycles. The van der Waals surface area contributed by atoms with Crippen molar-refractivity contribution < 1.29 is 19.4 Å². The van der Waals surface area contributed by atoms with Gasteiger partial charge in [-0.2, -0.15) is 0 Å². The molecule has 0 saturated heterocycles. The number of phenols is 1. The summed E-state index contributed by atoms with van der Waals surface area (Å²) in [5.74, 6) is -1.31. The molecular weight excluding hydrogens is 306 g/mol. The van der Waals surface area contributed by atoms with Gasteiger partial charge in [0.1, 0.15) is 11.3 Å². The molecule has 0 fully saturated rings. The lowest BCUT2D eigenvalue weighted by Gasteiger charge is -2.16. The number of para-hydroxylation sites is 1. The second-order valence-electron chi connectivity index (χ2n) is 5.73. The van der Waals surface area contributed by atoms with Gasteiger partial charge in [-0.05, 0) is 49.6 Å². The van der Waals surface area contributed by atoms with Crippen LogP contribution in [0.25, 0.3) is 0 Å². The van der Waals surface area contributed by atoms with E-state index in [4.69, 9.17) is 4.74 Å². The molecule has 1 unspecified atom stereocenters. The summed E-state index contributed by atoms with van der Waals surface area (Å²) < 4.78 is 4.94. The van der Waals surface area contributed by atoms with E-state index in [9.17, 15) is 14.7 Å². The van der Waals surface area contributed by atoms with Gasteiger partial charge < -0.3 is 15.2 Å². The van der Waals surface area contributed by atoms with Gasteiger partial charge in [0.2, 0.25) is 0 Å². The zero-order chi connectivity index (χ0) is 17.7. The van der Waals surface area contributed by atoms with Crippen molar-refractivity contribution in [1.29, 1.82) is 0 Å². The Balaban J connectivity index is 1.90. The van der Waals surface area contributed by atoms with Gasteiger partial charge in [0.05, 0.1) is 6.04 Å². The molecule has 0 aromatic heterocycles. The predicted octanol–water partition coefficient (Wildman–Crippen LogP) is 3.04. The highest BCUT2D eigenvalue weighted by molar-refractivity contribution is 5.93. The first kappa shape index (κ1) is 17.5. The quantitative estimate of drug-likeness (QED) is 0.828. The third-order valence-corrected chi connectivity index (χ3v) is 3.87. The Kier molecular flexibility index (Phi) is 5.58. The first-order chi connectivity index (χ1) is 11.4. The molecule has 5 nitrogen and oxygen atoms in total. The molecule has 2 N–H and O–H groups in total. The minimum atomic E-state index is -0.734. The Bertz CT molecular complexity index is 755. The van der Waals surface area contributed by atoms with E-state index in [1.54, 1.807) is 12.1 Å². The van der Waals surface area contributed by atoms with Crippen LogP contribution in [0.15, 0.2) is 42.5 Å². The number of rotatable bonds is 5. The predicted molar refractivity (Wildman–Crippen MR) is 90.9 cm³/mol. The number of carbonyl (C=O) groups excluding carboxylic acids is 2. The maximum Gasteiger partial charge on any atom is 0.342 e. The van der Waals surface area contributed by atoms with Crippen LogP contribution in [0.4, 0.5) is 0 Å². The van der Waals surface area contributed by atoms with E-state index in [1.165, 1.54) is 17.7 Å². The molecule has 5 heteroatoms. The number of amides is 1. The number of carbonyl (C=O) groups is 2. The van der Waals surface area contributed by atoms with Crippen LogP contribution in [0.2, 0.25) is 0 Å². The number of benzene rings is 2. The zero-order valence-electron chi connectivity index (χ0n) is 14.0. The molecule has 1 atom stereocenters. The summed E-state index contributed by atoms with van der Waals surface area (Å²) in [6.07, 6.45) is 0. The molecule has 2 rings (SSSR count). The fourth-order valence-electron chi connectivity index (χ4n) is 2.26. The summed E-state index contributed by atoms with van der Waals surface area (Å²) in [5, 5.41) is 12.4. The second-order valence-corrected chi connectivity index (χ2v) is 5.73. The minimum absolute atomic E-state index is 0.0347. The number of ether oxygens (including phenoxy) is 1. The van der Waals surface area contributed by atoms with Crippen LogP contribution in [0.3, 0.4) is 0 Å². The van der Waals surface area contributed by atoms with E-state index >= 15 is 0 Å². The Morgan fingerprint density at radius 3 is 2.50 bits per heavy atom. The third kappa shape index (κ3) is 4.35. The van der Waals surface area contributed by atoms with Crippen molar-refractivity contribution in [3.8, 4) is 5.75 Å². The van der Waals surface area contributed by atoms with Crippen LogP contribution >= 0.6 is 0 Å². The number of hydrogen-bond donors (Lipinski definition) is 2. The fraction of sp³-hybridized carbons (Fsp3) is 0.263. The molecule has 0 spiro atoms. The number of esters is 1. The van der Waals surface area contributed by atoms with Crippen molar-refractivity contribution in [2.45, 2.75) is 26.8 Å². The summed E-state index contributed by atoms with van der Waals surface area (Å²) in [4.78, 5) is 23.8. The van der Waals surface area contributed by atoms with E-state index in [1.807, 2.05) is 39.0 Å². The number of nitrogens with one attached hydrogen (secondary N) is 1. The molecule has 1 amide bonds. The van der Waals surface area contributed by atoms with Gasteiger partial charge in [-0.15, -0.1) is 0 Å². The van der Waals surface area contributed by atoms with E-state index < -0.39 is 18.5 Å². The first-order valence-electron chi connectivity index (χ1n) is 7.70. The van der Waals surface area contributed by atoms with E-state index in [0.717, 1.165) is 11.1 Å². The largest absolute Gasteiger partial charge is 0.507 e. The molecule has 24 heavy (non-hydrogen) atoms. The summed E-state index contributed by atoms with van der Waals surface area (Å²) in [7, 11) is 0. The number of hydrogen-bond acceptors (Lipinski definition) is 4. The van der Waals surface area contributed by atoms with E-state index in [0.29, 0.717) is 0 Å². The summed E-state index contributed by atoms with van der Waals surface area (Å²) in [6, 6.07) is 11.8. The van der Waals surface area contributed by atoms with Crippen LogP contribution in [-0.2, 0) is 9.53 Å². The second kappa shape index (κ2) is 7.64. The van der Waals surface area contributed by atoms with Crippen molar-refractivity contribution in [2.24, 2.45) is 0 Å². The molecule has 0 saturated carbocycles. The van der Waals surface area contributed by atoms with Gasteiger partial charge >= 0.3 is 5.97 Å². The summed E-state index contributed by atoms with van der Waals surface area (Å²) in [6.45, 7) is 5.51. The number of aryl methyl sites for hydroxylation is 2. The Morgan fingerprint density at radius 2 is 1.83 bits per heavy atom. The lowest BCUT2D eigenvalue weighted by Crippen LogP contribution is -2.31. The van der Waals surface area contributed by atoms with E-state index in [-0.39, 0.29) is 17.4 Å².